The standard InChI is InChI=1S/C17H11Cl2NO2S2/c18-12-5-4-11(14(19)8-12)9-22-13-3-1-2-10(6-13)7-15-16(21)20-17(23)24-15/h1-8H,9H2,(H,20,21,23)/b15-7-. The van der Waals surface area contributed by atoms with Crippen molar-refractivity contribution < 1.29 is 9.53 Å². The lowest BCUT2D eigenvalue weighted by Crippen LogP contribution is -2.17. The zero-order chi connectivity index (χ0) is 17.1. The number of carbonyl (C=O) groups excluding carboxylic acids is 1. The maximum absolute atomic E-state index is 11.7. The summed E-state index contributed by atoms with van der Waals surface area (Å²) in [6.07, 6.45) is 1.78. The molecule has 1 aliphatic heterocycles. The highest BCUT2D eigenvalue weighted by Crippen LogP contribution is 2.27. The van der Waals surface area contributed by atoms with Crippen molar-refractivity contribution in [2.75, 3.05) is 0 Å². The van der Waals surface area contributed by atoms with Crippen molar-refractivity contribution in [2.24, 2.45) is 0 Å². The van der Waals surface area contributed by atoms with E-state index in [9.17, 15) is 4.79 Å². The number of nitrogens with one attached hydrogen (secondary N) is 1. The van der Waals surface area contributed by atoms with Crippen LogP contribution in [-0.4, -0.2) is 10.2 Å². The van der Waals surface area contributed by atoms with Gasteiger partial charge < -0.3 is 10.1 Å². The van der Waals surface area contributed by atoms with Crippen LogP contribution in [0.25, 0.3) is 6.08 Å². The van der Waals surface area contributed by atoms with Gasteiger partial charge in [0.1, 0.15) is 16.7 Å². The molecule has 0 aromatic heterocycles. The van der Waals surface area contributed by atoms with E-state index in [4.69, 9.17) is 40.2 Å². The highest BCUT2D eigenvalue weighted by Gasteiger charge is 2.21. The van der Waals surface area contributed by atoms with Crippen LogP contribution in [0.3, 0.4) is 0 Å². The maximum atomic E-state index is 11.7. The van der Waals surface area contributed by atoms with Gasteiger partial charge in [-0.3, -0.25) is 4.79 Å². The third kappa shape index (κ3) is 4.30. The molecule has 3 rings (SSSR count). The molecule has 0 unspecified atom stereocenters. The largest absolute Gasteiger partial charge is 0.489 e. The van der Waals surface area contributed by atoms with Crippen LogP contribution < -0.4 is 10.1 Å². The summed E-state index contributed by atoms with van der Waals surface area (Å²) in [4.78, 5) is 12.3. The average molecular weight is 396 g/mol. The molecule has 24 heavy (non-hydrogen) atoms. The predicted octanol–water partition coefficient (Wildman–Crippen LogP) is 5.06. The van der Waals surface area contributed by atoms with Gasteiger partial charge in [-0.2, -0.15) is 0 Å². The molecular weight excluding hydrogens is 385 g/mol. The molecule has 0 saturated carbocycles. The molecule has 0 spiro atoms. The van der Waals surface area contributed by atoms with E-state index in [0.717, 1.165) is 11.1 Å². The van der Waals surface area contributed by atoms with Crippen molar-refractivity contribution >= 4 is 63.5 Å². The number of benzene rings is 2. The van der Waals surface area contributed by atoms with Gasteiger partial charge in [-0.25, -0.2) is 0 Å². The quantitative estimate of drug-likeness (QED) is 0.579. The lowest BCUT2D eigenvalue weighted by atomic mass is 10.2. The molecule has 1 amide bonds. The molecule has 1 N–H and O–H groups in total. The van der Waals surface area contributed by atoms with Crippen LogP contribution in [0.5, 0.6) is 5.75 Å². The first-order valence-electron chi connectivity index (χ1n) is 6.93. The first-order valence-corrected chi connectivity index (χ1v) is 8.91. The smallest absolute Gasteiger partial charge is 0.263 e. The minimum Gasteiger partial charge on any atom is -0.489 e. The molecule has 7 heteroatoms. The topological polar surface area (TPSA) is 38.3 Å². The minimum absolute atomic E-state index is 0.177. The molecule has 1 aliphatic rings. The summed E-state index contributed by atoms with van der Waals surface area (Å²) >= 11 is 18.2. The highest BCUT2D eigenvalue weighted by molar-refractivity contribution is 8.26. The number of hydrogen-bond donors (Lipinski definition) is 1. The van der Waals surface area contributed by atoms with Gasteiger partial charge in [0.2, 0.25) is 0 Å². The van der Waals surface area contributed by atoms with Crippen LogP contribution in [-0.2, 0) is 11.4 Å². The zero-order valence-corrected chi connectivity index (χ0v) is 15.4. The Hall–Kier alpha value is -1.53. The Labute approximate surface area is 159 Å². The summed E-state index contributed by atoms with van der Waals surface area (Å²) in [6, 6.07) is 12.7. The Bertz CT molecular complexity index is 852. The van der Waals surface area contributed by atoms with Crippen molar-refractivity contribution in [1.29, 1.82) is 0 Å². The number of rotatable bonds is 4. The average Bonchev–Trinajstić information content (AvgIpc) is 2.84. The fourth-order valence-electron chi connectivity index (χ4n) is 2.07. The molecule has 1 fully saturated rings. The van der Waals surface area contributed by atoms with E-state index in [1.54, 1.807) is 18.2 Å². The number of thioether (sulfide) groups is 1. The van der Waals surface area contributed by atoms with Crippen LogP contribution in [0.15, 0.2) is 47.4 Å². The van der Waals surface area contributed by atoms with Gasteiger partial charge in [0, 0.05) is 15.6 Å². The number of thiocarbonyl (C=S) groups is 1. The second-order valence-corrected chi connectivity index (χ2v) is 7.51. The Balaban J connectivity index is 1.73. The molecule has 122 valence electrons. The third-order valence-corrected chi connectivity index (χ3v) is 4.96. The van der Waals surface area contributed by atoms with Crippen LogP contribution >= 0.6 is 47.2 Å². The third-order valence-electron chi connectivity index (χ3n) is 3.21. The van der Waals surface area contributed by atoms with Gasteiger partial charge in [0.05, 0.1) is 4.91 Å². The minimum atomic E-state index is -0.177. The van der Waals surface area contributed by atoms with Crippen LogP contribution in [0.2, 0.25) is 10.0 Å². The van der Waals surface area contributed by atoms with Gasteiger partial charge in [-0.05, 0) is 35.9 Å². The van der Waals surface area contributed by atoms with Gasteiger partial charge in [-0.1, -0.05) is 65.4 Å². The van der Waals surface area contributed by atoms with Crippen molar-refractivity contribution in [3.8, 4) is 5.75 Å². The van der Waals surface area contributed by atoms with E-state index >= 15 is 0 Å². The van der Waals surface area contributed by atoms with E-state index in [2.05, 4.69) is 5.32 Å². The second kappa shape index (κ2) is 7.57. The number of carbonyl (C=O) groups is 1. The molecule has 3 nitrogen and oxygen atoms in total. The Kier molecular flexibility index (Phi) is 5.46. The molecule has 2 aromatic carbocycles. The fraction of sp³-hybridized carbons (Fsp3) is 0.0588. The lowest BCUT2D eigenvalue weighted by Gasteiger charge is -2.09. The zero-order valence-electron chi connectivity index (χ0n) is 12.2. The fourth-order valence-corrected chi connectivity index (χ4v) is 3.57. The van der Waals surface area contributed by atoms with Gasteiger partial charge in [-0.15, -0.1) is 0 Å². The van der Waals surface area contributed by atoms with Gasteiger partial charge in [0.25, 0.3) is 5.91 Å². The SMILES string of the molecule is O=C1NC(=S)S/C1=C\c1cccc(OCc2ccc(Cl)cc2Cl)c1. The summed E-state index contributed by atoms with van der Waals surface area (Å²) in [7, 11) is 0. The summed E-state index contributed by atoms with van der Waals surface area (Å²) in [5.74, 6) is 0.505. The Morgan fingerprint density at radius 1 is 1.21 bits per heavy atom. The first kappa shape index (κ1) is 17.3. The predicted molar refractivity (Wildman–Crippen MR) is 104 cm³/mol. The molecular formula is C17H11Cl2NO2S2. The van der Waals surface area contributed by atoms with E-state index in [1.807, 2.05) is 30.3 Å². The number of ether oxygens (including phenoxy) is 1. The van der Waals surface area contributed by atoms with E-state index < -0.39 is 0 Å². The molecule has 0 atom stereocenters. The van der Waals surface area contributed by atoms with E-state index in [1.165, 1.54) is 11.8 Å². The van der Waals surface area contributed by atoms with E-state index in [0.29, 0.717) is 31.6 Å². The summed E-state index contributed by atoms with van der Waals surface area (Å²) in [5, 5.41) is 3.74. The Morgan fingerprint density at radius 2 is 2.04 bits per heavy atom. The van der Waals surface area contributed by atoms with Gasteiger partial charge in [0.15, 0.2) is 0 Å². The van der Waals surface area contributed by atoms with Crippen molar-refractivity contribution in [2.45, 2.75) is 6.61 Å². The number of amides is 1. The normalized spacial score (nSPS) is 15.7. The molecule has 0 aliphatic carbocycles. The first-order chi connectivity index (χ1) is 11.5. The molecule has 0 radical (unpaired) electrons. The van der Waals surface area contributed by atoms with Crippen molar-refractivity contribution in [3.05, 3.63) is 68.5 Å². The molecule has 2 aromatic rings. The maximum Gasteiger partial charge on any atom is 0.263 e. The lowest BCUT2D eigenvalue weighted by molar-refractivity contribution is -0.115. The van der Waals surface area contributed by atoms with E-state index in [-0.39, 0.29) is 5.91 Å². The van der Waals surface area contributed by atoms with Crippen LogP contribution in [0.4, 0.5) is 0 Å². The van der Waals surface area contributed by atoms with Gasteiger partial charge >= 0.3 is 0 Å². The summed E-state index contributed by atoms with van der Waals surface area (Å²) in [5.41, 5.74) is 1.71. The Morgan fingerprint density at radius 3 is 2.75 bits per heavy atom. The highest BCUT2D eigenvalue weighted by atomic mass is 35.5. The summed E-state index contributed by atoms with van der Waals surface area (Å²) < 4.78 is 6.24. The molecule has 0 bridgehead atoms. The van der Waals surface area contributed by atoms with Crippen molar-refractivity contribution in [1.82, 2.24) is 5.32 Å². The molecule has 1 saturated heterocycles. The number of halogens is 2. The number of hydrogen-bond acceptors (Lipinski definition) is 4. The molecule has 1 heterocycles. The van der Waals surface area contributed by atoms with Crippen molar-refractivity contribution in [3.63, 3.8) is 0 Å². The van der Waals surface area contributed by atoms with Crippen LogP contribution in [0, 0.1) is 0 Å². The monoisotopic (exact) mass is 395 g/mol. The second-order valence-electron chi connectivity index (χ2n) is 4.95. The summed E-state index contributed by atoms with van der Waals surface area (Å²) in [6.45, 7) is 0.329. The van der Waals surface area contributed by atoms with Crippen LogP contribution in [0.1, 0.15) is 11.1 Å².